The zero-order chi connectivity index (χ0) is 10.4. The Hall–Kier alpha value is -0.570. The summed E-state index contributed by atoms with van der Waals surface area (Å²) >= 11 is 0. The van der Waals surface area contributed by atoms with Crippen molar-refractivity contribution in [2.45, 2.75) is 45.6 Å². The molecule has 0 saturated carbocycles. The zero-order valence-corrected chi connectivity index (χ0v) is 9.31. The van der Waals surface area contributed by atoms with Crippen molar-refractivity contribution in [1.29, 1.82) is 0 Å². The lowest BCUT2D eigenvalue weighted by Gasteiger charge is -2.28. The average Bonchev–Trinajstić information content (AvgIpc) is 2.18. The molecule has 1 fully saturated rings. The van der Waals surface area contributed by atoms with E-state index >= 15 is 0 Å². The molecule has 0 aromatic rings. The first-order chi connectivity index (χ1) is 6.75. The summed E-state index contributed by atoms with van der Waals surface area (Å²) in [6, 6.07) is 0.338. The van der Waals surface area contributed by atoms with Crippen molar-refractivity contribution in [3.05, 3.63) is 0 Å². The number of rotatable bonds is 4. The summed E-state index contributed by atoms with van der Waals surface area (Å²) in [6.07, 6.45) is 4.38. The van der Waals surface area contributed by atoms with Crippen molar-refractivity contribution in [2.75, 3.05) is 13.1 Å². The van der Waals surface area contributed by atoms with E-state index in [0.29, 0.717) is 6.04 Å². The lowest BCUT2D eigenvalue weighted by molar-refractivity contribution is -0.126. The fraction of sp³-hybridized carbons (Fsp3) is 0.909. The van der Waals surface area contributed by atoms with Gasteiger partial charge in [0, 0.05) is 12.6 Å². The van der Waals surface area contributed by atoms with Crippen molar-refractivity contribution < 1.29 is 4.79 Å². The molecule has 2 atom stereocenters. The van der Waals surface area contributed by atoms with Gasteiger partial charge in [-0.3, -0.25) is 4.79 Å². The minimum Gasteiger partial charge on any atom is -0.356 e. The Balaban J connectivity index is 2.27. The maximum Gasteiger partial charge on any atom is 0.224 e. The molecule has 1 saturated heterocycles. The Morgan fingerprint density at radius 3 is 3.00 bits per heavy atom. The number of amides is 1. The van der Waals surface area contributed by atoms with E-state index < -0.39 is 0 Å². The van der Waals surface area contributed by atoms with Crippen LogP contribution in [-0.2, 0) is 4.79 Å². The maximum absolute atomic E-state index is 11.7. The van der Waals surface area contributed by atoms with Crippen LogP contribution in [0.15, 0.2) is 0 Å². The Bertz CT molecular complexity index is 182. The van der Waals surface area contributed by atoms with Crippen LogP contribution in [0, 0.1) is 5.92 Å². The lowest BCUT2D eigenvalue weighted by atomic mass is 9.91. The molecule has 14 heavy (non-hydrogen) atoms. The van der Waals surface area contributed by atoms with Crippen LogP contribution in [0.4, 0.5) is 0 Å². The summed E-state index contributed by atoms with van der Waals surface area (Å²) < 4.78 is 0. The maximum atomic E-state index is 11.7. The van der Waals surface area contributed by atoms with Crippen LogP contribution >= 0.6 is 0 Å². The quantitative estimate of drug-likeness (QED) is 0.668. The van der Waals surface area contributed by atoms with Gasteiger partial charge in [-0.15, -0.1) is 0 Å². The van der Waals surface area contributed by atoms with Crippen LogP contribution < -0.4 is 10.6 Å². The molecule has 3 nitrogen and oxygen atoms in total. The highest BCUT2D eigenvalue weighted by molar-refractivity contribution is 5.79. The lowest BCUT2D eigenvalue weighted by Crippen LogP contribution is -2.46. The van der Waals surface area contributed by atoms with Crippen molar-refractivity contribution in [3.8, 4) is 0 Å². The van der Waals surface area contributed by atoms with Gasteiger partial charge in [-0.25, -0.2) is 0 Å². The number of carbonyl (C=O) groups excluding carboxylic acids is 1. The largest absolute Gasteiger partial charge is 0.356 e. The molecule has 3 heteroatoms. The highest BCUT2D eigenvalue weighted by Gasteiger charge is 2.26. The van der Waals surface area contributed by atoms with E-state index in [4.69, 9.17) is 0 Å². The summed E-state index contributed by atoms with van der Waals surface area (Å²) in [4.78, 5) is 11.7. The molecule has 2 N–H and O–H groups in total. The molecule has 1 amide bonds. The molecule has 82 valence electrons. The highest BCUT2D eigenvalue weighted by Crippen LogP contribution is 2.15. The number of carbonyl (C=O) groups is 1. The van der Waals surface area contributed by atoms with Crippen molar-refractivity contribution in [1.82, 2.24) is 10.6 Å². The first-order valence-electron chi connectivity index (χ1n) is 5.76. The SMILES string of the molecule is CCCCNC(=O)C1CCCNC1C. The second kappa shape index (κ2) is 6.02. The topological polar surface area (TPSA) is 41.1 Å². The van der Waals surface area contributed by atoms with E-state index in [1.54, 1.807) is 0 Å². The van der Waals surface area contributed by atoms with Crippen LogP contribution in [0.1, 0.15) is 39.5 Å². The Kier molecular flexibility index (Phi) is 4.94. The Labute approximate surface area is 86.6 Å². The number of hydrogen-bond acceptors (Lipinski definition) is 2. The first kappa shape index (κ1) is 11.5. The standard InChI is InChI=1S/C11H22N2O/c1-3-4-7-13-11(14)10-6-5-8-12-9(10)2/h9-10,12H,3-8H2,1-2H3,(H,13,14). The molecule has 0 aromatic heterocycles. The molecule has 1 aliphatic heterocycles. The van der Waals surface area contributed by atoms with Crippen molar-refractivity contribution in [2.24, 2.45) is 5.92 Å². The minimum absolute atomic E-state index is 0.181. The van der Waals surface area contributed by atoms with Gasteiger partial charge < -0.3 is 10.6 Å². The van der Waals surface area contributed by atoms with Crippen molar-refractivity contribution in [3.63, 3.8) is 0 Å². The fourth-order valence-electron chi connectivity index (χ4n) is 1.92. The van der Waals surface area contributed by atoms with Gasteiger partial charge in [0.1, 0.15) is 0 Å². The third-order valence-corrected chi connectivity index (χ3v) is 2.93. The van der Waals surface area contributed by atoms with Gasteiger partial charge in [0.2, 0.25) is 5.91 Å². The number of piperidine rings is 1. The molecule has 1 rings (SSSR count). The zero-order valence-electron chi connectivity index (χ0n) is 9.31. The molecule has 1 heterocycles. The van der Waals surface area contributed by atoms with Crippen LogP contribution in [-0.4, -0.2) is 25.0 Å². The number of nitrogens with one attached hydrogen (secondary N) is 2. The van der Waals surface area contributed by atoms with E-state index in [1.165, 1.54) is 0 Å². The van der Waals surface area contributed by atoms with Gasteiger partial charge in [0.25, 0.3) is 0 Å². The van der Waals surface area contributed by atoms with Gasteiger partial charge in [-0.05, 0) is 32.7 Å². The molecular formula is C11H22N2O. The summed E-state index contributed by atoms with van der Waals surface area (Å²) in [7, 11) is 0. The predicted octanol–water partition coefficient (Wildman–Crippen LogP) is 1.29. The summed E-state index contributed by atoms with van der Waals surface area (Å²) in [5, 5.41) is 6.35. The minimum atomic E-state index is 0.181. The summed E-state index contributed by atoms with van der Waals surface area (Å²) in [5.74, 6) is 0.416. The molecule has 0 radical (unpaired) electrons. The Morgan fingerprint density at radius 1 is 1.57 bits per heavy atom. The fourth-order valence-corrected chi connectivity index (χ4v) is 1.92. The molecule has 0 aromatic carbocycles. The van der Waals surface area contributed by atoms with Gasteiger partial charge in [-0.1, -0.05) is 13.3 Å². The normalized spacial score (nSPS) is 27.3. The average molecular weight is 198 g/mol. The second-order valence-corrected chi connectivity index (χ2v) is 4.14. The monoisotopic (exact) mass is 198 g/mol. The van der Waals surface area contributed by atoms with Crippen LogP contribution in [0.3, 0.4) is 0 Å². The smallest absolute Gasteiger partial charge is 0.224 e. The second-order valence-electron chi connectivity index (χ2n) is 4.14. The van der Waals surface area contributed by atoms with Crippen molar-refractivity contribution >= 4 is 5.91 Å². The third kappa shape index (κ3) is 3.29. The van der Waals surface area contributed by atoms with E-state index in [9.17, 15) is 4.79 Å². The number of unbranched alkanes of at least 4 members (excludes halogenated alkanes) is 1. The van der Waals surface area contributed by atoms with Crippen LogP contribution in [0.25, 0.3) is 0 Å². The van der Waals surface area contributed by atoms with Gasteiger partial charge in [-0.2, -0.15) is 0 Å². The summed E-state index contributed by atoms with van der Waals surface area (Å²) in [6.45, 7) is 6.12. The van der Waals surface area contributed by atoms with E-state index in [1.807, 2.05) is 0 Å². The molecule has 0 spiro atoms. The predicted molar refractivity (Wildman–Crippen MR) is 58.1 cm³/mol. The molecular weight excluding hydrogens is 176 g/mol. The van der Waals surface area contributed by atoms with Crippen LogP contribution in [0.2, 0.25) is 0 Å². The Morgan fingerprint density at radius 2 is 2.36 bits per heavy atom. The van der Waals surface area contributed by atoms with E-state index in [0.717, 1.165) is 38.8 Å². The third-order valence-electron chi connectivity index (χ3n) is 2.93. The molecule has 1 aliphatic rings. The highest BCUT2D eigenvalue weighted by atomic mass is 16.1. The van der Waals surface area contributed by atoms with Gasteiger partial charge in [0.05, 0.1) is 5.92 Å². The van der Waals surface area contributed by atoms with Gasteiger partial charge in [0.15, 0.2) is 0 Å². The molecule has 0 aliphatic carbocycles. The van der Waals surface area contributed by atoms with E-state index in [-0.39, 0.29) is 11.8 Å². The first-order valence-corrected chi connectivity index (χ1v) is 5.76. The van der Waals surface area contributed by atoms with Gasteiger partial charge >= 0.3 is 0 Å². The van der Waals surface area contributed by atoms with E-state index in [2.05, 4.69) is 24.5 Å². The summed E-state index contributed by atoms with van der Waals surface area (Å²) in [5.41, 5.74) is 0. The molecule has 0 bridgehead atoms. The number of hydrogen-bond donors (Lipinski definition) is 2. The van der Waals surface area contributed by atoms with Crippen LogP contribution in [0.5, 0.6) is 0 Å². The molecule has 2 unspecified atom stereocenters.